The molecule has 2 rings (SSSR count). The molecule has 0 unspecified atom stereocenters. The van der Waals surface area contributed by atoms with Crippen LogP contribution in [-0.2, 0) is 26.7 Å². The molecule has 7 nitrogen and oxygen atoms in total. The first-order valence-electron chi connectivity index (χ1n) is 5.31. The minimum Gasteiger partial charge on any atom is -0.507 e. The average molecular weight is 334 g/mol. The van der Waals surface area contributed by atoms with E-state index in [9.17, 15) is 29.4 Å². The number of phenolic OH excluding ortho intramolecular Hbond substituents is 2. The van der Waals surface area contributed by atoms with Crippen molar-refractivity contribution < 1.29 is 51.6 Å². The summed E-state index contributed by atoms with van der Waals surface area (Å²) in [5.74, 6) is -3.74. The minimum absolute atomic E-state index is 0. The van der Waals surface area contributed by atoms with Crippen molar-refractivity contribution >= 4 is 23.3 Å². The SMILES string of the molecule is CC(=O)C(=O)O.O=C1C=CC(=O)c2c(O)ccc(O)c21.[Fe]. The fraction of sp³-hybridized carbons (Fsp3) is 0.0769. The fourth-order valence-electron chi connectivity index (χ4n) is 1.40. The number of aromatic hydroxyl groups is 2. The van der Waals surface area contributed by atoms with Gasteiger partial charge in [-0.25, -0.2) is 4.79 Å². The second kappa shape index (κ2) is 7.37. The summed E-state index contributed by atoms with van der Waals surface area (Å²) in [5, 5.41) is 26.3. The molecule has 1 aromatic rings. The molecule has 1 aliphatic rings. The zero-order valence-electron chi connectivity index (χ0n) is 10.6. The van der Waals surface area contributed by atoms with Crippen LogP contribution in [0.2, 0.25) is 0 Å². The van der Waals surface area contributed by atoms with Gasteiger partial charge in [-0.05, 0) is 24.3 Å². The van der Waals surface area contributed by atoms with Crippen LogP contribution in [0.1, 0.15) is 27.6 Å². The van der Waals surface area contributed by atoms with E-state index in [2.05, 4.69) is 0 Å². The molecule has 112 valence electrons. The molecule has 0 spiro atoms. The molecule has 0 heterocycles. The molecular weight excluding hydrogens is 324 g/mol. The Morgan fingerprint density at radius 3 is 1.43 bits per heavy atom. The van der Waals surface area contributed by atoms with Gasteiger partial charge >= 0.3 is 5.97 Å². The summed E-state index contributed by atoms with van der Waals surface area (Å²) in [4.78, 5) is 41.5. The molecule has 0 aromatic heterocycles. The number of rotatable bonds is 1. The second-order valence-corrected chi connectivity index (χ2v) is 3.78. The number of ketones is 3. The standard InChI is InChI=1S/C10H6O4.C3H4O3.Fe/c11-5-1-2-6(12)10-8(14)4-3-7(13)9(5)10;1-2(4)3(5)6;/h1-4,11-12H;1H3,(H,5,6);. The summed E-state index contributed by atoms with van der Waals surface area (Å²) < 4.78 is 0. The molecule has 0 fully saturated rings. The molecule has 0 atom stereocenters. The van der Waals surface area contributed by atoms with Gasteiger partial charge in [-0.2, -0.15) is 0 Å². The van der Waals surface area contributed by atoms with Crippen LogP contribution >= 0.6 is 0 Å². The number of allylic oxidation sites excluding steroid dienone is 2. The van der Waals surface area contributed by atoms with Crippen molar-refractivity contribution in [2.45, 2.75) is 6.92 Å². The van der Waals surface area contributed by atoms with Gasteiger partial charge in [-0.3, -0.25) is 14.4 Å². The van der Waals surface area contributed by atoms with E-state index in [0.29, 0.717) is 0 Å². The van der Waals surface area contributed by atoms with Crippen LogP contribution in [0, 0.1) is 0 Å². The Hall–Kier alpha value is -2.44. The Morgan fingerprint density at radius 2 is 1.19 bits per heavy atom. The fourth-order valence-corrected chi connectivity index (χ4v) is 1.40. The summed E-state index contributed by atoms with van der Waals surface area (Å²) in [7, 11) is 0. The summed E-state index contributed by atoms with van der Waals surface area (Å²) >= 11 is 0. The number of carbonyl (C=O) groups is 4. The third-order valence-electron chi connectivity index (χ3n) is 2.34. The van der Waals surface area contributed by atoms with Gasteiger partial charge in [0, 0.05) is 24.0 Å². The normalized spacial score (nSPS) is 11.7. The van der Waals surface area contributed by atoms with E-state index in [1.54, 1.807) is 0 Å². The number of hydrogen-bond donors (Lipinski definition) is 3. The molecular formula is C13H10FeO7. The molecule has 0 aliphatic heterocycles. The summed E-state index contributed by atoms with van der Waals surface area (Å²) in [6.07, 6.45) is 2.15. The first-order valence-corrected chi connectivity index (χ1v) is 5.31. The number of carboxylic acid groups (broad SMARTS) is 1. The van der Waals surface area contributed by atoms with E-state index in [1.807, 2.05) is 0 Å². The first-order chi connectivity index (χ1) is 9.25. The molecule has 3 N–H and O–H groups in total. The number of carbonyl (C=O) groups excluding carboxylic acids is 3. The van der Waals surface area contributed by atoms with Crippen molar-refractivity contribution in [3.63, 3.8) is 0 Å². The quantitative estimate of drug-likeness (QED) is 0.391. The maximum atomic E-state index is 11.3. The van der Waals surface area contributed by atoms with E-state index in [0.717, 1.165) is 19.1 Å². The largest absolute Gasteiger partial charge is 0.507 e. The number of Topliss-reactive ketones (excluding diaryl/α,β-unsaturated/α-hetero) is 1. The van der Waals surface area contributed by atoms with Gasteiger partial charge in [0.2, 0.25) is 5.78 Å². The Kier molecular flexibility index (Phi) is 6.51. The monoisotopic (exact) mass is 334 g/mol. The van der Waals surface area contributed by atoms with Crippen molar-refractivity contribution in [3.05, 3.63) is 35.4 Å². The summed E-state index contributed by atoms with van der Waals surface area (Å²) in [5.41, 5.74) is -0.255. The van der Waals surface area contributed by atoms with Gasteiger partial charge < -0.3 is 15.3 Å². The summed E-state index contributed by atoms with van der Waals surface area (Å²) in [6.45, 7) is 1.00. The van der Waals surface area contributed by atoms with Gasteiger partial charge in [0.15, 0.2) is 11.6 Å². The van der Waals surface area contributed by atoms with Gasteiger partial charge in [0.1, 0.15) is 11.5 Å². The van der Waals surface area contributed by atoms with Gasteiger partial charge in [-0.15, -0.1) is 0 Å². The molecule has 0 bridgehead atoms. The average Bonchev–Trinajstić information content (AvgIpc) is 2.37. The predicted molar refractivity (Wildman–Crippen MR) is 65.9 cm³/mol. The van der Waals surface area contributed by atoms with Crippen LogP contribution in [-0.4, -0.2) is 38.6 Å². The molecule has 8 heteroatoms. The van der Waals surface area contributed by atoms with Crippen LogP contribution in [0.15, 0.2) is 24.3 Å². The van der Waals surface area contributed by atoms with Crippen molar-refractivity contribution in [2.75, 3.05) is 0 Å². The van der Waals surface area contributed by atoms with Crippen molar-refractivity contribution in [1.82, 2.24) is 0 Å². The molecule has 0 radical (unpaired) electrons. The Labute approximate surface area is 129 Å². The number of benzene rings is 1. The molecule has 1 aliphatic carbocycles. The van der Waals surface area contributed by atoms with Gasteiger partial charge in [0.25, 0.3) is 0 Å². The van der Waals surface area contributed by atoms with Crippen molar-refractivity contribution in [1.29, 1.82) is 0 Å². The number of hydrogen-bond acceptors (Lipinski definition) is 6. The van der Waals surface area contributed by atoms with Crippen LogP contribution in [0.4, 0.5) is 0 Å². The zero-order valence-corrected chi connectivity index (χ0v) is 11.7. The third-order valence-corrected chi connectivity index (χ3v) is 2.34. The van der Waals surface area contributed by atoms with Crippen molar-refractivity contribution in [2.24, 2.45) is 0 Å². The number of fused-ring (bicyclic) bond motifs is 1. The molecule has 0 saturated heterocycles. The minimum atomic E-state index is -1.38. The number of carboxylic acids is 1. The molecule has 21 heavy (non-hydrogen) atoms. The van der Waals surface area contributed by atoms with E-state index >= 15 is 0 Å². The maximum absolute atomic E-state index is 11.3. The van der Waals surface area contributed by atoms with Gasteiger partial charge in [-0.1, -0.05) is 0 Å². The van der Waals surface area contributed by atoms with E-state index in [4.69, 9.17) is 5.11 Å². The van der Waals surface area contributed by atoms with Crippen molar-refractivity contribution in [3.8, 4) is 11.5 Å². The third kappa shape index (κ3) is 4.27. The van der Waals surface area contributed by atoms with Crippen LogP contribution < -0.4 is 0 Å². The Morgan fingerprint density at radius 1 is 0.905 bits per heavy atom. The Bertz CT molecular complexity index is 591. The second-order valence-electron chi connectivity index (χ2n) is 3.78. The van der Waals surface area contributed by atoms with Crippen LogP contribution in [0.3, 0.4) is 0 Å². The smallest absolute Gasteiger partial charge is 0.371 e. The topological polar surface area (TPSA) is 129 Å². The maximum Gasteiger partial charge on any atom is 0.371 e. The number of aliphatic carboxylic acids is 1. The van der Waals surface area contributed by atoms with Gasteiger partial charge in [0.05, 0.1) is 11.1 Å². The molecule has 0 amide bonds. The predicted octanol–water partition coefficient (Wildman–Crippen LogP) is 0.690. The van der Waals surface area contributed by atoms with E-state index in [1.165, 1.54) is 12.1 Å². The first kappa shape index (κ1) is 18.6. The van der Waals surface area contributed by atoms with Crippen LogP contribution in [0.25, 0.3) is 0 Å². The molecule has 0 saturated carbocycles. The zero-order chi connectivity index (χ0) is 15.4. The van der Waals surface area contributed by atoms with E-state index in [-0.39, 0.29) is 39.7 Å². The molecule has 1 aromatic carbocycles. The Balaban J connectivity index is 0.000000495. The van der Waals surface area contributed by atoms with Crippen LogP contribution in [0.5, 0.6) is 11.5 Å². The van der Waals surface area contributed by atoms with E-state index < -0.39 is 23.3 Å². The summed E-state index contributed by atoms with van der Waals surface area (Å²) in [6, 6.07) is 2.36. The number of phenols is 2.